The lowest BCUT2D eigenvalue weighted by atomic mass is 10.0. The fourth-order valence-corrected chi connectivity index (χ4v) is 8.64. The van der Waals surface area contributed by atoms with Crippen LogP contribution in [-0.2, 0) is 0 Å². The van der Waals surface area contributed by atoms with E-state index in [1.807, 2.05) is 24.3 Å². The van der Waals surface area contributed by atoms with Crippen molar-refractivity contribution in [2.45, 2.75) is 0 Å². The molecule has 12 rings (SSSR count). The van der Waals surface area contributed by atoms with Crippen molar-refractivity contribution in [3.05, 3.63) is 170 Å². The fourth-order valence-electron chi connectivity index (χ4n) is 8.64. The zero-order chi connectivity index (χ0) is 33.9. The van der Waals surface area contributed by atoms with Gasteiger partial charge in [-0.3, -0.25) is 0 Å². The molecule has 4 nitrogen and oxygen atoms in total. The summed E-state index contributed by atoms with van der Waals surface area (Å²) < 4.78 is 17.6. The third-order valence-corrected chi connectivity index (χ3v) is 10.9. The average molecular weight is 665 g/mol. The number of aromatic nitrogens is 2. The van der Waals surface area contributed by atoms with Crippen LogP contribution in [0.1, 0.15) is 0 Å². The van der Waals surface area contributed by atoms with Crippen LogP contribution in [0.5, 0.6) is 0 Å². The monoisotopic (exact) mass is 664 g/mol. The van der Waals surface area contributed by atoms with Gasteiger partial charge in [0.1, 0.15) is 22.3 Å². The first-order valence-electron chi connectivity index (χ1n) is 17.7. The van der Waals surface area contributed by atoms with E-state index < -0.39 is 0 Å². The Balaban J connectivity index is 1.10. The molecule has 4 heteroatoms. The molecular formula is C48H28N2O2. The van der Waals surface area contributed by atoms with E-state index in [0.717, 1.165) is 88.4 Å². The van der Waals surface area contributed by atoms with Crippen LogP contribution < -0.4 is 0 Å². The van der Waals surface area contributed by atoms with Crippen LogP contribution in [0, 0.1) is 0 Å². The van der Waals surface area contributed by atoms with Crippen molar-refractivity contribution >= 4 is 87.5 Å². The van der Waals surface area contributed by atoms with Crippen LogP contribution in [-0.4, -0.2) is 9.13 Å². The molecule has 4 aromatic heterocycles. The number of nitrogens with zero attached hydrogens (tertiary/aromatic N) is 2. The standard InChI is InChI=1S/C48H28N2O2/c1-6-19-40(50-42-21-8-3-16-33(42)37-26-39-35-18-5-10-23-46(35)52-48(39)28-44(37)50)31(14-1)29-12-11-13-30(24-29)49-41-20-7-2-15-32(41)36-25-38-34-17-4-9-22-45(34)51-47(38)27-43(36)49/h1-28H. The molecule has 52 heavy (non-hydrogen) atoms. The minimum absolute atomic E-state index is 0.891. The molecule has 0 saturated heterocycles. The molecule has 0 aliphatic heterocycles. The zero-order valence-electron chi connectivity index (χ0n) is 27.9. The molecule has 4 heterocycles. The molecule has 0 aliphatic rings. The summed E-state index contributed by atoms with van der Waals surface area (Å²) >= 11 is 0. The quantitative estimate of drug-likeness (QED) is 0.188. The van der Waals surface area contributed by atoms with Gasteiger partial charge in [0, 0.05) is 66.5 Å². The molecule has 12 aromatic rings. The Morgan fingerprint density at radius 2 is 0.827 bits per heavy atom. The van der Waals surface area contributed by atoms with E-state index in [9.17, 15) is 0 Å². The van der Waals surface area contributed by atoms with Gasteiger partial charge in [0.05, 0.1) is 27.8 Å². The Labute approximate surface area is 296 Å². The van der Waals surface area contributed by atoms with Crippen LogP contribution in [0.15, 0.2) is 179 Å². The van der Waals surface area contributed by atoms with E-state index in [4.69, 9.17) is 8.83 Å². The highest BCUT2D eigenvalue weighted by atomic mass is 16.3. The largest absolute Gasteiger partial charge is 0.456 e. The first-order chi connectivity index (χ1) is 25.8. The van der Waals surface area contributed by atoms with Gasteiger partial charge in [-0.2, -0.15) is 0 Å². The van der Waals surface area contributed by atoms with Crippen molar-refractivity contribution in [1.29, 1.82) is 0 Å². The molecule has 0 unspecified atom stereocenters. The lowest BCUT2D eigenvalue weighted by Crippen LogP contribution is -1.98. The summed E-state index contributed by atoms with van der Waals surface area (Å²) in [7, 11) is 0. The molecule has 8 aromatic carbocycles. The smallest absolute Gasteiger partial charge is 0.137 e. The van der Waals surface area contributed by atoms with Gasteiger partial charge in [0.25, 0.3) is 0 Å². The Hall–Kier alpha value is -7.04. The molecule has 242 valence electrons. The summed E-state index contributed by atoms with van der Waals surface area (Å²) in [5.74, 6) is 0. The van der Waals surface area contributed by atoms with Crippen molar-refractivity contribution in [3.8, 4) is 22.5 Å². The minimum Gasteiger partial charge on any atom is -0.456 e. The summed E-state index contributed by atoms with van der Waals surface area (Å²) in [4.78, 5) is 0. The van der Waals surface area contributed by atoms with E-state index in [1.165, 1.54) is 21.5 Å². The molecule has 0 amide bonds. The summed E-state index contributed by atoms with van der Waals surface area (Å²) in [6.07, 6.45) is 0. The summed E-state index contributed by atoms with van der Waals surface area (Å²) in [6.45, 7) is 0. The maximum Gasteiger partial charge on any atom is 0.137 e. The van der Waals surface area contributed by atoms with Crippen LogP contribution in [0.4, 0.5) is 0 Å². The van der Waals surface area contributed by atoms with E-state index in [0.29, 0.717) is 0 Å². The van der Waals surface area contributed by atoms with E-state index in [2.05, 4.69) is 155 Å². The van der Waals surface area contributed by atoms with E-state index in [-0.39, 0.29) is 0 Å². The fraction of sp³-hybridized carbons (Fsp3) is 0. The maximum absolute atomic E-state index is 6.41. The highest BCUT2D eigenvalue weighted by molar-refractivity contribution is 6.19. The van der Waals surface area contributed by atoms with Crippen LogP contribution in [0.3, 0.4) is 0 Å². The van der Waals surface area contributed by atoms with Crippen molar-refractivity contribution in [2.24, 2.45) is 0 Å². The molecule has 0 aliphatic carbocycles. The molecule has 0 atom stereocenters. The second-order valence-corrected chi connectivity index (χ2v) is 13.7. The highest BCUT2D eigenvalue weighted by Gasteiger charge is 2.20. The summed E-state index contributed by atoms with van der Waals surface area (Å²) in [5, 5.41) is 9.41. The third kappa shape index (κ3) is 3.75. The number of hydrogen-bond donors (Lipinski definition) is 0. The van der Waals surface area contributed by atoms with Crippen LogP contribution >= 0.6 is 0 Å². The van der Waals surface area contributed by atoms with Crippen molar-refractivity contribution in [3.63, 3.8) is 0 Å². The molecule has 0 N–H and O–H groups in total. The van der Waals surface area contributed by atoms with Crippen LogP contribution in [0.2, 0.25) is 0 Å². The number of rotatable bonds is 3. The molecule has 0 bridgehead atoms. The predicted molar refractivity (Wildman–Crippen MR) is 215 cm³/mol. The number of hydrogen-bond acceptors (Lipinski definition) is 2. The maximum atomic E-state index is 6.41. The Bertz CT molecular complexity index is 3420. The molecule has 0 spiro atoms. The lowest BCUT2D eigenvalue weighted by Gasteiger charge is -2.15. The predicted octanol–water partition coefficient (Wildman–Crippen LogP) is 13.3. The average Bonchev–Trinajstić information content (AvgIpc) is 3.93. The molecular weight excluding hydrogens is 637 g/mol. The molecule has 0 radical (unpaired) electrons. The van der Waals surface area contributed by atoms with Gasteiger partial charge in [-0.15, -0.1) is 0 Å². The SMILES string of the molecule is c1cc(-c2ccccc2-n2c3ccccc3c3cc4c(cc32)oc2ccccc24)cc(-n2c3ccccc3c3cc4c(cc32)oc2ccccc24)c1. The Morgan fingerprint density at radius 3 is 1.48 bits per heavy atom. The zero-order valence-corrected chi connectivity index (χ0v) is 27.9. The Morgan fingerprint density at radius 1 is 0.308 bits per heavy atom. The number of benzene rings is 8. The summed E-state index contributed by atoms with van der Waals surface area (Å²) in [5.41, 5.74) is 12.7. The third-order valence-electron chi connectivity index (χ3n) is 10.9. The van der Waals surface area contributed by atoms with Crippen LogP contribution in [0.25, 0.3) is 110 Å². The number of fused-ring (bicyclic) bond motifs is 12. The van der Waals surface area contributed by atoms with Crippen molar-refractivity contribution in [1.82, 2.24) is 9.13 Å². The number of para-hydroxylation sites is 5. The minimum atomic E-state index is 0.891. The lowest BCUT2D eigenvalue weighted by molar-refractivity contribution is 0.669. The Kier molecular flexibility index (Phi) is 5.47. The van der Waals surface area contributed by atoms with Gasteiger partial charge in [0.2, 0.25) is 0 Å². The van der Waals surface area contributed by atoms with Gasteiger partial charge < -0.3 is 18.0 Å². The van der Waals surface area contributed by atoms with Gasteiger partial charge in [-0.25, -0.2) is 0 Å². The van der Waals surface area contributed by atoms with E-state index >= 15 is 0 Å². The van der Waals surface area contributed by atoms with Crippen molar-refractivity contribution in [2.75, 3.05) is 0 Å². The van der Waals surface area contributed by atoms with Crippen molar-refractivity contribution < 1.29 is 8.83 Å². The second kappa shape index (κ2) is 10.3. The summed E-state index contributed by atoms with van der Waals surface area (Å²) in [6, 6.07) is 60.7. The van der Waals surface area contributed by atoms with E-state index in [1.54, 1.807) is 0 Å². The van der Waals surface area contributed by atoms with Gasteiger partial charge in [-0.05, 0) is 60.2 Å². The van der Waals surface area contributed by atoms with Gasteiger partial charge in [-0.1, -0.05) is 103 Å². The topological polar surface area (TPSA) is 36.1 Å². The molecule has 0 saturated carbocycles. The van der Waals surface area contributed by atoms with Gasteiger partial charge >= 0.3 is 0 Å². The second-order valence-electron chi connectivity index (χ2n) is 13.7. The van der Waals surface area contributed by atoms with Gasteiger partial charge in [0.15, 0.2) is 0 Å². The normalized spacial score (nSPS) is 12.2. The molecule has 0 fully saturated rings. The first-order valence-corrected chi connectivity index (χ1v) is 17.7. The number of furan rings is 2. The highest BCUT2D eigenvalue weighted by Crippen LogP contribution is 2.42. The first kappa shape index (κ1) is 27.7.